The van der Waals surface area contributed by atoms with Crippen LogP contribution in [-0.2, 0) is 11.4 Å². The van der Waals surface area contributed by atoms with E-state index in [1.54, 1.807) is 14.2 Å². The smallest absolute Gasteiger partial charge is 0.132 e. The number of ether oxygens (including phenoxy) is 2. The largest absolute Gasteiger partial charge is 0.497 e. The van der Waals surface area contributed by atoms with Gasteiger partial charge >= 0.3 is 0 Å². The average molecular weight is 266 g/mol. The van der Waals surface area contributed by atoms with Gasteiger partial charge in [-0.1, -0.05) is 0 Å². The molecular weight excluding hydrogens is 252 g/mol. The summed E-state index contributed by atoms with van der Waals surface area (Å²) in [5.41, 5.74) is 1.72. The number of thiazole rings is 1. The number of aromatic nitrogens is 1. The fourth-order valence-electron chi connectivity index (χ4n) is 1.56. The van der Waals surface area contributed by atoms with Gasteiger partial charge in [-0.25, -0.2) is 10.9 Å². The molecule has 0 unspecified atom stereocenters. The molecule has 0 aliphatic carbocycles. The van der Waals surface area contributed by atoms with Crippen LogP contribution in [0.15, 0.2) is 23.6 Å². The number of nitrogens with zero attached hydrogens (tertiary/aromatic N) is 1. The first kappa shape index (κ1) is 12.8. The summed E-state index contributed by atoms with van der Waals surface area (Å²) in [7, 11) is 3.24. The van der Waals surface area contributed by atoms with Gasteiger partial charge < -0.3 is 9.47 Å². The summed E-state index contributed by atoms with van der Waals surface area (Å²) < 4.78 is 10.5. The number of hydrogen-bond acceptors (Lipinski definition) is 6. The van der Waals surface area contributed by atoms with Crippen molar-refractivity contribution in [3.63, 3.8) is 0 Å². The van der Waals surface area contributed by atoms with Crippen molar-refractivity contribution in [3.8, 4) is 22.1 Å². The molecule has 0 spiro atoms. The first-order valence-electron chi connectivity index (χ1n) is 5.27. The lowest BCUT2D eigenvalue weighted by atomic mass is 10.2. The zero-order valence-electron chi connectivity index (χ0n) is 10.2. The van der Waals surface area contributed by atoms with E-state index in [-0.39, 0.29) is 0 Å². The Morgan fingerprint density at radius 2 is 2.11 bits per heavy atom. The van der Waals surface area contributed by atoms with Crippen molar-refractivity contribution in [3.05, 3.63) is 29.3 Å². The van der Waals surface area contributed by atoms with Gasteiger partial charge in [0, 0.05) is 11.4 Å². The lowest BCUT2D eigenvalue weighted by molar-refractivity contribution is 0.122. The third kappa shape index (κ3) is 2.61. The summed E-state index contributed by atoms with van der Waals surface area (Å²) in [5, 5.41) is 2.77. The Morgan fingerprint density at radius 3 is 2.78 bits per heavy atom. The van der Waals surface area contributed by atoms with Crippen LogP contribution in [0.1, 0.15) is 5.69 Å². The summed E-state index contributed by atoms with van der Waals surface area (Å²) in [5.74, 6) is 6.50. The maximum absolute atomic E-state index is 5.34. The van der Waals surface area contributed by atoms with Gasteiger partial charge in [0.25, 0.3) is 0 Å². The third-order valence-electron chi connectivity index (χ3n) is 2.42. The Bertz CT molecular complexity index is 528. The molecule has 0 aliphatic heterocycles. The average Bonchev–Trinajstić information content (AvgIpc) is 2.87. The molecule has 0 amide bonds. The molecule has 0 saturated heterocycles. The molecule has 96 valence electrons. The van der Waals surface area contributed by atoms with E-state index < -0.39 is 0 Å². The summed E-state index contributed by atoms with van der Waals surface area (Å²) >= 11 is 1.52. The van der Waals surface area contributed by atoms with Gasteiger partial charge in [0.15, 0.2) is 0 Å². The molecule has 0 bridgehead atoms. The van der Waals surface area contributed by atoms with Crippen molar-refractivity contribution in [2.45, 2.75) is 6.61 Å². The quantitative estimate of drug-likeness (QED) is 0.840. The van der Waals surface area contributed by atoms with Crippen LogP contribution in [0.4, 0.5) is 0 Å². The molecule has 1 aromatic heterocycles. The van der Waals surface area contributed by atoms with Crippen molar-refractivity contribution >= 4 is 11.3 Å². The molecule has 0 aliphatic rings. The Kier molecular flexibility index (Phi) is 4.14. The second-order valence-corrected chi connectivity index (χ2v) is 4.38. The highest BCUT2D eigenvalue weighted by molar-refractivity contribution is 7.13. The topological polar surface area (TPSA) is 66.6 Å². The highest BCUT2D eigenvalue weighted by Gasteiger charge is 2.11. The van der Waals surface area contributed by atoms with Crippen molar-refractivity contribution in [2.75, 3.05) is 14.2 Å². The Hall–Kier alpha value is -1.63. The minimum atomic E-state index is 0.301. The molecule has 18 heavy (non-hydrogen) atoms. The van der Waals surface area contributed by atoms with E-state index in [9.17, 15) is 0 Å². The lowest BCUT2D eigenvalue weighted by Gasteiger charge is -2.08. The molecule has 6 heteroatoms. The van der Waals surface area contributed by atoms with Crippen LogP contribution in [0.3, 0.4) is 0 Å². The van der Waals surface area contributed by atoms with Crippen molar-refractivity contribution < 1.29 is 14.3 Å². The zero-order chi connectivity index (χ0) is 13.0. The van der Waals surface area contributed by atoms with Crippen LogP contribution >= 0.6 is 11.3 Å². The van der Waals surface area contributed by atoms with Crippen molar-refractivity contribution in [1.29, 1.82) is 0 Å². The predicted octanol–water partition coefficient (Wildman–Crippen LogP) is 2.22. The highest BCUT2D eigenvalue weighted by Crippen LogP contribution is 2.34. The normalized spacial score (nSPS) is 10.4. The Labute approximate surface area is 109 Å². The number of benzene rings is 1. The van der Waals surface area contributed by atoms with Gasteiger partial charge in [0.05, 0.1) is 25.5 Å². The molecule has 0 radical (unpaired) electrons. The lowest BCUT2D eigenvalue weighted by Crippen LogP contribution is -1.98. The highest BCUT2D eigenvalue weighted by atomic mass is 32.1. The Balaban J connectivity index is 2.36. The molecule has 0 saturated carbocycles. The van der Waals surface area contributed by atoms with Crippen molar-refractivity contribution in [1.82, 2.24) is 4.98 Å². The van der Waals surface area contributed by atoms with Crippen LogP contribution in [0.2, 0.25) is 0 Å². The molecule has 0 fully saturated rings. The molecule has 1 heterocycles. The van der Waals surface area contributed by atoms with Crippen molar-refractivity contribution in [2.24, 2.45) is 5.90 Å². The Morgan fingerprint density at radius 1 is 1.28 bits per heavy atom. The monoisotopic (exact) mass is 266 g/mol. The van der Waals surface area contributed by atoms with E-state index in [2.05, 4.69) is 9.82 Å². The molecular formula is C12H14N2O3S. The molecule has 1 aromatic carbocycles. The second kappa shape index (κ2) is 5.81. The van der Waals surface area contributed by atoms with Gasteiger partial charge in [-0.15, -0.1) is 11.3 Å². The zero-order valence-corrected chi connectivity index (χ0v) is 11.0. The molecule has 2 rings (SSSR count). The van der Waals surface area contributed by atoms with Gasteiger partial charge in [-0.3, -0.25) is 4.84 Å². The van der Waals surface area contributed by atoms with Crippen LogP contribution in [-0.4, -0.2) is 19.2 Å². The van der Waals surface area contributed by atoms with Gasteiger partial charge in [0.2, 0.25) is 0 Å². The maximum Gasteiger partial charge on any atom is 0.132 e. The summed E-state index contributed by atoms with van der Waals surface area (Å²) in [6.07, 6.45) is 0. The summed E-state index contributed by atoms with van der Waals surface area (Å²) in [6.45, 7) is 0.301. The minimum absolute atomic E-state index is 0.301. The second-order valence-electron chi connectivity index (χ2n) is 3.52. The summed E-state index contributed by atoms with van der Waals surface area (Å²) in [4.78, 5) is 8.99. The fourth-order valence-corrected chi connectivity index (χ4v) is 2.39. The summed E-state index contributed by atoms with van der Waals surface area (Å²) in [6, 6.07) is 5.62. The van der Waals surface area contributed by atoms with E-state index in [1.807, 2.05) is 23.6 Å². The number of nitrogens with two attached hydrogens (primary N) is 1. The molecule has 2 N–H and O–H groups in total. The van der Waals surface area contributed by atoms with E-state index in [1.165, 1.54) is 11.3 Å². The van der Waals surface area contributed by atoms with E-state index in [0.717, 1.165) is 27.8 Å². The van der Waals surface area contributed by atoms with Gasteiger partial charge in [-0.05, 0) is 12.1 Å². The SMILES string of the molecule is COc1ccc(-c2nc(CON)cs2)c(OC)c1. The van der Waals surface area contributed by atoms with E-state index in [0.29, 0.717) is 6.61 Å². The minimum Gasteiger partial charge on any atom is -0.497 e. The van der Waals surface area contributed by atoms with Crippen LogP contribution in [0.5, 0.6) is 11.5 Å². The van der Waals surface area contributed by atoms with Crippen LogP contribution in [0.25, 0.3) is 10.6 Å². The van der Waals surface area contributed by atoms with Crippen LogP contribution < -0.4 is 15.4 Å². The molecule has 5 nitrogen and oxygen atoms in total. The van der Waals surface area contributed by atoms with Gasteiger partial charge in [-0.2, -0.15) is 0 Å². The predicted molar refractivity (Wildman–Crippen MR) is 69.6 cm³/mol. The first-order valence-corrected chi connectivity index (χ1v) is 6.15. The molecule has 0 atom stereocenters. The maximum atomic E-state index is 5.34. The fraction of sp³-hybridized carbons (Fsp3) is 0.250. The number of methoxy groups -OCH3 is 2. The molecule has 2 aromatic rings. The number of rotatable bonds is 5. The first-order chi connectivity index (χ1) is 8.78. The number of hydrogen-bond donors (Lipinski definition) is 1. The van der Waals surface area contributed by atoms with E-state index in [4.69, 9.17) is 15.4 Å². The van der Waals surface area contributed by atoms with Crippen LogP contribution in [0, 0.1) is 0 Å². The third-order valence-corrected chi connectivity index (χ3v) is 3.35. The van der Waals surface area contributed by atoms with Gasteiger partial charge in [0.1, 0.15) is 23.1 Å². The van der Waals surface area contributed by atoms with E-state index >= 15 is 0 Å². The standard InChI is InChI=1S/C12H14N2O3S/c1-15-9-3-4-10(11(5-9)16-2)12-14-8(6-17-13)7-18-12/h3-5,7H,6,13H2,1-2H3.